The number of hydrogen-bond donors (Lipinski definition) is 0. The van der Waals surface area contributed by atoms with Crippen LogP contribution in [0.15, 0.2) is 133 Å². The van der Waals surface area contributed by atoms with Gasteiger partial charge in [-0.2, -0.15) is 0 Å². The molecule has 0 bridgehead atoms. The Hall–Kier alpha value is -7.88. The van der Waals surface area contributed by atoms with E-state index >= 15 is 0 Å². The van der Waals surface area contributed by atoms with Crippen molar-refractivity contribution < 1.29 is 37.9 Å². The molecular formula is C67H56N2O8S4. The van der Waals surface area contributed by atoms with Gasteiger partial charge in [0.25, 0.3) is 0 Å². The maximum atomic E-state index is 6.20. The summed E-state index contributed by atoms with van der Waals surface area (Å²) in [6.07, 6.45) is 0. The lowest BCUT2D eigenvalue weighted by molar-refractivity contribution is 0.173. The average molecular weight is 1150 g/mol. The van der Waals surface area contributed by atoms with E-state index in [1.54, 1.807) is 45.3 Å². The average Bonchev–Trinajstić information content (AvgIpc) is 3.49. The first kappa shape index (κ1) is 50.1. The molecule has 5 aliphatic rings. The topological polar surface area (TPSA) is 80.3 Å². The molecule has 81 heavy (non-hydrogen) atoms. The Morgan fingerprint density at radius 3 is 0.765 bits per heavy atom. The Kier molecular flexibility index (Phi) is 12.2. The highest BCUT2D eigenvalue weighted by Crippen LogP contribution is 2.56. The molecule has 1 aliphatic carbocycles. The van der Waals surface area contributed by atoms with E-state index in [0.717, 1.165) is 141 Å². The Labute approximate surface area is 486 Å². The van der Waals surface area contributed by atoms with Crippen molar-refractivity contribution in [3.05, 3.63) is 164 Å². The molecule has 6 aromatic carbocycles. The van der Waals surface area contributed by atoms with E-state index in [2.05, 4.69) is 185 Å². The third-order valence-corrected chi connectivity index (χ3v) is 20.4. The van der Waals surface area contributed by atoms with Crippen LogP contribution in [-0.2, 0) is 5.41 Å². The molecule has 4 aromatic heterocycles. The SMILES string of the molecule is Cc1sc(-c2ccc(N(c3ccc(-c4sc(C)c5c4OCCO5)cc3)c3ccc4c(c3)C(C)(C)c3cc(N(c5ccc(-c6sc(C)c7c6OCCO7)cc5)c5ccc(-c6sc(C)c7c6OCCO7)cc5)ccc3-4)cc2)c2c1OCCO2. The van der Waals surface area contributed by atoms with Crippen molar-refractivity contribution in [2.75, 3.05) is 62.7 Å². The van der Waals surface area contributed by atoms with Crippen molar-refractivity contribution in [3.8, 4) is 98.9 Å². The third-order valence-electron chi connectivity index (χ3n) is 16.0. The van der Waals surface area contributed by atoms with Crippen molar-refractivity contribution in [1.29, 1.82) is 0 Å². The second kappa shape index (κ2) is 19.7. The Morgan fingerprint density at radius 1 is 0.296 bits per heavy atom. The van der Waals surface area contributed by atoms with Crippen LogP contribution in [0.2, 0.25) is 0 Å². The number of benzene rings is 6. The number of fused-ring (bicyclic) bond motifs is 7. The van der Waals surface area contributed by atoms with Crippen LogP contribution in [0.4, 0.5) is 34.1 Å². The van der Waals surface area contributed by atoms with Crippen molar-refractivity contribution in [1.82, 2.24) is 0 Å². The minimum atomic E-state index is -0.359. The molecule has 10 aromatic rings. The van der Waals surface area contributed by atoms with Crippen molar-refractivity contribution in [3.63, 3.8) is 0 Å². The van der Waals surface area contributed by atoms with Gasteiger partial charge in [0.05, 0.1) is 19.5 Å². The van der Waals surface area contributed by atoms with E-state index in [9.17, 15) is 0 Å². The van der Waals surface area contributed by atoms with E-state index in [-0.39, 0.29) is 5.41 Å². The zero-order valence-electron chi connectivity index (χ0n) is 45.7. The van der Waals surface area contributed by atoms with Gasteiger partial charge in [-0.25, -0.2) is 0 Å². The van der Waals surface area contributed by atoms with Crippen LogP contribution in [-0.4, -0.2) is 52.9 Å². The summed E-state index contributed by atoms with van der Waals surface area (Å²) in [5.41, 5.74) is 15.3. The van der Waals surface area contributed by atoms with E-state index < -0.39 is 0 Å². The van der Waals surface area contributed by atoms with E-state index in [1.165, 1.54) is 22.3 Å². The number of aryl methyl sites for hydroxylation is 4. The molecule has 8 heterocycles. The molecule has 0 fully saturated rings. The lowest BCUT2D eigenvalue weighted by atomic mass is 9.82. The van der Waals surface area contributed by atoms with Crippen molar-refractivity contribution in [2.45, 2.75) is 47.0 Å². The predicted molar refractivity (Wildman–Crippen MR) is 330 cm³/mol. The van der Waals surface area contributed by atoms with Gasteiger partial charge in [-0.3, -0.25) is 0 Å². The van der Waals surface area contributed by atoms with Gasteiger partial charge in [-0.1, -0.05) is 74.5 Å². The number of ether oxygens (including phenoxy) is 8. The molecule has 0 atom stereocenters. The minimum absolute atomic E-state index is 0.359. The molecule has 10 nitrogen and oxygen atoms in total. The van der Waals surface area contributed by atoms with Crippen molar-refractivity contribution >= 4 is 79.5 Å². The highest BCUT2D eigenvalue weighted by Gasteiger charge is 2.38. The summed E-state index contributed by atoms with van der Waals surface area (Å²) in [5, 5.41) is 0. The van der Waals surface area contributed by atoms with Gasteiger partial charge in [-0.05, 0) is 145 Å². The summed E-state index contributed by atoms with van der Waals surface area (Å²) in [4.78, 5) is 13.6. The Bertz CT molecular complexity index is 3630. The first-order valence-corrected chi connectivity index (χ1v) is 30.7. The number of thiophene rings is 4. The van der Waals surface area contributed by atoms with Gasteiger partial charge >= 0.3 is 0 Å². The number of hydrogen-bond acceptors (Lipinski definition) is 14. The highest BCUT2D eigenvalue weighted by molar-refractivity contribution is 7.17. The van der Waals surface area contributed by atoms with Crippen LogP contribution >= 0.6 is 45.3 Å². The van der Waals surface area contributed by atoms with Crippen LogP contribution in [0, 0.1) is 27.7 Å². The first-order chi connectivity index (χ1) is 39.6. The minimum Gasteiger partial charge on any atom is -0.485 e. The fourth-order valence-corrected chi connectivity index (χ4v) is 16.3. The molecule has 0 unspecified atom stereocenters. The number of anilines is 6. The lowest BCUT2D eigenvalue weighted by Crippen LogP contribution is -2.17. The Balaban J connectivity index is 0.805. The van der Waals surface area contributed by atoms with E-state index in [0.29, 0.717) is 52.9 Å². The van der Waals surface area contributed by atoms with Crippen LogP contribution in [0.25, 0.3) is 52.9 Å². The molecular weight excluding hydrogens is 1090 g/mol. The third kappa shape index (κ3) is 8.35. The van der Waals surface area contributed by atoms with E-state index in [4.69, 9.17) is 37.9 Å². The van der Waals surface area contributed by atoms with Gasteiger partial charge in [0.2, 0.25) is 0 Å². The first-order valence-electron chi connectivity index (χ1n) is 27.4. The standard InChI is InChI=1S/C67H56N2O8S4/c1-37-55-59(74-31-27-70-55)63(78-37)41-7-15-45(16-8-41)68(46-17-9-42(10-18-46)64-60-56(38(2)79-64)71-28-32-75-60)49-23-25-51-52-26-24-50(36-54(52)67(5,6)53(51)35-49)69(47-19-11-43(12-20-47)65-61-57(39(3)80-65)72-29-33-76-61)48-21-13-44(14-22-48)66-62-58(40(4)81-66)73-30-34-77-62/h7-26,35-36H,27-34H2,1-6H3. The summed E-state index contributed by atoms with van der Waals surface area (Å²) < 4.78 is 49.0. The largest absolute Gasteiger partial charge is 0.485 e. The molecule has 14 heteroatoms. The summed E-state index contributed by atoms with van der Waals surface area (Å²) in [6, 6.07) is 49.4. The Morgan fingerprint density at radius 2 is 0.519 bits per heavy atom. The summed E-state index contributed by atoms with van der Waals surface area (Å²) in [6.45, 7) is 17.6. The van der Waals surface area contributed by atoms with Crippen LogP contribution in [0.5, 0.6) is 46.0 Å². The lowest BCUT2D eigenvalue weighted by Gasteiger charge is -2.29. The smallest absolute Gasteiger partial charge is 0.180 e. The van der Waals surface area contributed by atoms with E-state index in [1.807, 2.05) is 0 Å². The van der Waals surface area contributed by atoms with Crippen LogP contribution in [0.3, 0.4) is 0 Å². The molecule has 0 radical (unpaired) electrons. The second-order valence-electron chi connectivity index (χ2n) is 21.3. The van der Waals surface area contributed by atoms with Gasteiger partial charge in [0.1, 0.15) is 52.9 Å². The normalized spacial score (nSPS) is 15.0. The predicted octanol–water partition coefficient (Wildman–Crippen LogP) is 18.2. The monoisotopic (exact) mass is 1140 g/mol. The summed E-state index contributed by atoms with van der Waals surface area (Å²) in [5.74, 6) is 6.81. The van der Waals surface area contributed by atoms with Crippen LogP contribution < -0.4 is 47.7 Å². The van der Waals surface area contributed by atoms with Crippen LogP contribution in [0.1, 0.15) is 44.5 Å². The molecule has 0 amide bonds. The quantitative estimate of drug-likeness (QED) is 0.132. The fourth-order valence-electron chi connectivity index (χ4n) is 12.1. The fraction of sp³-hybridized carbons (Fsp3) is 0.224. The zero-order valence-corrected chi connectivity index (χ0v) is 48.9. The molecule has 15 rings (SSSR count). The number of rotatable bonds is 10. The molecule has 0 saturated carbocycles. The second-order valence-corrected chi connectivity index (χ2v) is 26.2. The highest BCUT2D eigenvalue weighted by atomic mass is 32.1. The van der Waals surface area contributed by atoms with Gasteiger partial charge in [-0.15, -0.1) is 45.3 Å². The summed E-state index contributed by atoms with van der Waals surface area (Å²) >= 11 is 6.87. The van der Waals surface area contributed by atoms with Gasteiger partial charge in [0, 0.05) is 59.0 Å². The van der Waals surface area contributed by atoms with Gasteiger partial charge < -0.3 is 47.7 Å². The van der Waals surface area contributed by atoms with Gasteiger partial charge in [0.15, 0.2) is 46.0 Å². The maximum Gasteiger partial charge on any atom is 0.180 e. The molecule has 0 saturated heterocycles. The summed E-state index contributed by atoms with van der Waals surface area (Å²) in [7, 11) is 0. The molecule has 406 valence electrons. The molecule has 4 aliphatic heterocycles. The number of nitrogens with zero attached hydrogens (tertiary/aromatic N) is 2. The van der Waals surface area contributed by atoms with Crippen molar-refractivity contribution in [2.24, 2.45) is 0 Å². The maximum absolute atomic E-state index is 6.20. The molecule has 0 N–H and O–H groups in total. The molecule has 0 spiro atoms. The zero-order chi connectivity index (χ0) is 54.7.